The van der Waals surface area contributed by atoms with Gasteiger partial charge in [0.15, 0.2) is 5.11 Å². The van der Waals surface area contributed by atoms with Crippen LogP contribution >= 0.6 is 12.2 Å². The molecule has 3 rings (SSSR count). The average molecular weight is 445 g/mol. The molecule has 2 heterocycles. The number of thiocarbonyl (C=S) groups is 1. The number of anilines is 2. The standard InChI is InChI=1S/C17H18F3N5O2S2/c18-17(19,20)11-1-6-15(22-9-11)25-8-7-13(10-25)24-16(28)23-12-2-4-14(5-3-12)29(21,26)27/h1-6,9,13H,7-8,10H2,(H2,21,26,27)(H2,23,24,28)/t13-/m0/s1. The first-order chi connectivity index (χ1) is 13.5. The van der Waals surface area contributed by atoms with Crippen molar-refractivity contribution >= 4 is 38.9 Å². The molecule has 0 saturated carbocycles. The number of pyridine rings is 1. The lowest BCUT2D eigenvalue weighted by atomic mass is 10.2. The molecule has 0 bridgehead atoms. The minimum absolute atomic E-state index is 0.00240. The SMILES string of the molecule is NS(=O)(=O)c1ccc(NC(=S)N[C@H]2CCN(c3ccc(C(F)(F)F)cn3)C2)cc1. The van der Waals surface area contributed by atoms with Gasteiger partial charge in [0.25, 0.3) is 0 Å². The van der Waals surface area contributed by atoms with Crippen LogP contribution in [0.1, 0.15) is 12.0 Å². The Morgan fingerprint density at radius 1 is 1.21 bits per heavy atom. The van der Waals surface area contributed by atoms with Gasteiger partial charge in [-0.1, -0.05) is 0 Å². The second kappa shape index (κ2) is 8.13. The maximum absolute atomic E-state index is 12.6. The Balaban J connectivity index is 1.53. The van der Waals surface area contributed by atoms with Crippen LogP contribution < -0.4 is 20.7 Å². The van der Waals surface area contributed by atoms with Crippen LogP contribution in [0.4, 0.5) is 24.7 Å². The summed E-state index contributed by atoms with van der Waals surface area (Å²) < 4.78 is 60.5. The molecule has 1 aliphatic heterocycles. The maximum Gasteiger partial charge on any atom is 0.417 e. The monoisotopic (exact) mass is 445 g/mol. The average Bonchev–Trinajstić information content (AvgIpc) is 3.09. The molecule has 1 saturated heterocycles. The zero-order valence-electron chi connectivity index (χ0n) is 15.0. The first kappa shape index (κ1) is 21.3. The van der Waals surface area contributed by atoms with Gasteiger partial charge < -0.3 is 15.5 Å². The Morgan fingerprint density at radius 2 is 1.90 bits per heavy atom. The van der Waals surface area contributed by atoms with E-state index in [-0.39, 0.29) is 10.9 Å². The van der Waals surface area contributed by atoms with E-state index in [0.717, 1.165) is 18.7 Å². The summed E-state index contributed by atoms with van der Waals surface area (Å²) in [6, 6.07) is 8.18. The third-order valence-corrected chi connectivity index (χ3v) is 5.51. The highest BCUT2D eigenvalue weighted by Crippen LogP contribution is 2.29. The quantitative estimate of drug-likeness (QED) is 0.621. The van der Waals surface area contributed by atoms with Crippen molar-refractivity contribution in [1.82, 2.24) is 10.3 Å². The summed E-state index contributed by atoms with van der Waals surface area (Å²) in [5.74, 6) is 0.472. The molecule has 1 aromatic carbocycles. The van der Waals surface area contributed by atoms with Gasteiger partial charge in [0.2, 0.25) is 10.0 Å². The van der Waals surface area contributed by atoms with Crippen LogP contribution in [0.3, 0.4) is 0 Å². The van der Waals surface area contributed by atoms with E-state index in [1.807, 2.05) is 4.90 Å². The molecule has 4 N–H and O–H groups in total. The number of nitrogens with two attached hydrogens (primary N) is 1. The van der Waals surface area contributed by atoms with E-state index in [4.69, 9.17) is 17.4 Å². The van der Waals surface area contributed by atoms with Crippen molar-refractivity contribution in [3.8, 4) is 0 Å². The number of rotatable bonds is 4. The molecule has 12 heteroatoms. The fraction of sp³-hybridized carbons (Fsp3) is 0.294. The van der Waals surface area contributed by atoms with Gasteiger partial charge in [0.1, 0.15) is 5.82 Å². The number of hydrogen-bond acceptors (Lipinski definition) is 5. The number of aromatic nitrogens is 1. The van der Waals surface area contributed by atoms with E-state index in [1.165, 1.54) is 18.2 Å². The lowest BCUT2D eigenvalue weighted by Crippen LogP contribution is -2.39. The maximum atomic E-state index is 12.6. The van der Waals surface area contributed by atoms with Crippen LogP contribution in [-0.4, -0.2) is 37.6 Å². The lowest BCUT2D eigenvalue weighted by molar-refractivity contribution is -0.137. The summed E-state index contributed by atoms with van der Waals surface area (Å²) >= 11 is 5.27. The predicted molar refractivity (Wildman–Crippen MR) is 107 cm³/mol. The van der Waals surface area contributed by atoms with Gasteiger partial charge in [0.05, 0.1) is 10.5 Å². The molecule has 0 aliphatic carbocycles. The Hall–Kier alpha value is -2.44. The van der Waals surface area contributed by atoms with Crippen molar-refractivity contribution in [2.24, 2.45) is 5.14 Å². The highest BCUT2D eigenvalue weighted by atomic mass is 32.2. The largest absolute Gasteiger partial charge is 0.417 e. The zero-order chi connectivity index (χ0) is 21.2. The number of halogens is 3. The highest BCUT2D eigenvalue weighted by molar-refractivity contribution is 7.89. The van der Waals surface area contributed by atoms with E-state index in [0.29, 0.717) is 29.7 Å². The third kappa shape index (κ3) is 5.55. The van der Waals surface area contributed by atoms with Gasteiger partial charge >= 0.3 is 6.18 Å². The molecule has 0 amide bonds. The van der Waals surface area contributed by atoms with Crippen LogP contribution in [0.2, 0.25) is 0 Å². The van der Waals surface area contributed by atoms with Gasteiger partial charge in [-0.3, -0.25) is 0 Å². The van der Waals surface area contributed by atoms with Gasteiger partial charge in [0, 0.05) is 31.0 Å². The summed E-state index contributed by atoms with van der Waals surface area (Å²) in [7, 11) is -3.76. The van der Waals surface area contributed by atoms with E-state index >= 15 is 0 Å². The predicted octanol–water partition coefficient (Wildman–Crippen LogP) is 2.31. The molecule has 1 fully saturated rings. The van der Waals surface area contributed by atoms with E-state index in [2.05, 4.69) is 15.6 Å². The first-order valence-corrected chi connectivity index (χ1v) is 10.5. The third-order valence-electron chi connectivity index (χ3n) is 4.36. The van der Waals surface area contributed by atoms with Crippen molar-refractivity contribution in [3.63, 3.8) is 0 Å². The van der Waals surface area contributed by atoms with Gasteiger partial charge in [-0.15, -0.1) is 0 Å². The number of nitrogens with zero attached hydrogens (tertiary/aromatic N) is 2. The summed E-state index contributed by atoms with van der Waals surface area (Å²) in [4.78, 5) is 5.78. The fourth-order valence-corrected chi connectivity index (χ4v) is 3.71. The molecule has 0 unspecified atom stereocenters. The minimum Gasteiger partial charge on any atom is -0.358 e. The Labute approximate surface area is 171 Å². The van der Waals surface area contributed by atoms with Crippen molar-refractivity contribution in [2.45, 2.75) is 23.5 Å². The second-order valence-electron chi connectivity index (χ2n) is 6.50. The van der Waals surface area contributed by atoms with Crippen molar-refractivity contribution in [3.05, 3.63) is 48.2 Å². The summed E-state index contributed by atoms with van der Waals surface area (Å²) in [6.45, 7) is 1.16. The Morgan fingerprint density at radius 3 is 2.45 bits per heavy atom. The highest BCUT2D eigenvalue weighted by Gasteiger charge is 2.31. The van der Waals surface area contributed by atoms with Gasteiger partial charge in [-0.25, -0.2) is 18.5 Å². The number of alkyl halides is 3. The molecule has 156 valence electrons. The second-order valence-corrected chi connectivity index (χ2v) is 8.47. The first-order valence-electron chi connectivity index (χ1n) is 8.51. The van der Waals surface area contributed by atoms with E-state index in [1.54, 1.807) is 12.1 Å². The molecule has 29 heavy (non-hydrogen) atoms. The lowest BCUT2D eigenvalue weighted by Gasteiger charge is -2.19. The zero-order valence-corrected chi connectivity index (χ0v) is 16.6. The molecular weight excluding hydrogens is 427 g/mol. The van der Waals surface area contributed by atoms with E-state index in [9.17, 15) is 21.6 Å². The molecule has 1 aliphatic rings. The number of sulfonamides is 1. The summed E-state index contributed by atoms with van der Waals surface area (Å²) in [6.07, 6.45) is -2.85. The van der Waals surface area contributed by atoms with Crippen LogP contribution in [0.15, 0.2) is 47.5 Å². The normalized spacial score (nSPS) is 17.2. The molecule has 0 spiro atoms. The smallest absolute Gasteiger partial charge is 0.358 e. The van der Waals surface area contributed by atoms with Crippen LogP contribution in [0, 0.1) is 0 Å². The van der Waals surface area contributed by atoms with Crippen LogP contribution in [-0.2, 0) is 16.2 Å². The molecule has 0 radical (unpaired) electrons. The number of nitrogens with one attached hydrogen (secondary N) is 2. The fourth-order valence-electron chi connectivity index (χ4n) is 2.91. The van der Waals surface area contributed by atoms with Crippen molar-refractivity contribution in [2.75, 3.05) is 23.3 Å². The molecule has 1 atom stereocenters. The van der Waals surface area contributed by atoms with Gasteiger partial charge in [-0.2, -0.15) is 13.2 Å². The summed E-state index contributed by atoms with van der Waals surface area (Å²) in [5, 5.41) is 11.5. The topological polar surface area (TPSA) is 100 Å². The minimum atomic E-state index is -4.41. The molecule has 7 nitrogen and oxygen atoms in total. The molecular formula is C17H18F3N5O2S2. The Bertz CT molecular complexity index is 980. The molecule has 1 aromatic heterocycles. The molecule has 2 aromatic rings. The Kier molecular flexibility index (Phi) is 5.96. The van der Waals surface area contributed by atoms with Gasteiger partial charge in [-0.05, 0) is 55.0 Å². The van der Waals surface area contributed by atoms with E-state index < -0.39 is 21.8 Å². The number of benzene rings is 1. The summed E-state index contributed by atoms with van der Waals surface area (Å²) in [5.41, 5.74) is -0.192. The number of hydrogen-bond donors (Lipinski definition) is 3. The van der Waals surface area contributed by atoms with Crippen molar-refractivity contribution < 1.29 is 21.6 Å². The van der Waals surface area contributed by atoms with Crippen LogP contribution in [0.25, 0.3) is 0 Å². The van der Waals surface area contributed by atoms with Crippen molar-refractivity contribution in [1.29, 1.82) is 0 Å². The number of primary sulfonamides is 1. The van der Waals surface area contributed by atoms with Crippen LogP contribution in [0.5, 0.6) is 0 Å².